The summed E-state index contributed by atoms with van der Waals surface area (Å²) in [6.45, 7) is 3.45. The van der Waals surface area contributed by atoms with E-state index in [2.05, 4.69) is 30.9 Å². The standard InChI is InChI=1S/C27H36FN7O4/c1-18(13-29)39-11-10-37-8-9-38-17-20(28)15-32-27(36)22-16-31-26(12-24(22)33-21-3-4-21)35-25-5-2-19-14-30-7-6-23(19)34-25/h2,5-7,12,14,16,18,20-21H,3-4,8-11,13,15,17,29H2,1H3,(H,32,36)(H2,31,33,34,35). The highest BCUT2D eigenvalue weighted by Gasteiger charge is 2.24. The number of fused-ring (bicyclic) bond motifs is 1. The maximum atomic E-state index is 14.3. The molecule has 0 radical (unpaired) electrons. The summed E-state index contributed by atoms with van der Waals surface area (Å²) in [7, 11) is 0. The molecule has 1 saturated carbocycles. The van der Waals surface area contributed by atoms with Gasteiger partial charge >= 0.3 is 0 Å². The number of carbonyl (C=O) groups is 1. The molecule has 39 heavy (non-hydrogen) atoms. The lowest BCUT2D eigenvalue weighted by molar-refractivity contribution is -0.0101. The van der Waals surface area contributed by atoms with E-state index in [1.54, 1.807) is 18.5 Å². The van der Waals surface area contributed by atoms with Gasteiger partial charge in [0.2, 0.25) is 0 Å². The smallest absolute Gasteiger partial charge is 0.255 e. The van der Waals surface area contributed by atoms with Crippen molar-refractivity contribution in [3.8, 4) is 0 Å². The second-order valence-electron chi connectivity index (χ2n) is 9.34. The van der Waals surface area contributed by atoms with Crippen LogP contribution in [0.3, 0.4) is 0 Å². The Balaban J connectivity index is 1.23. The molecular weight excluding hydrogens is 505 g/mol. The third-order valence-electron chi connectivity index (χ3n) is 5.95. The Morgan fingerprint density at radius 1 is 1.13 bits per heavy atom. The Bertz CT molecular complexity index is 1210. The first-order chi connectivity index (χ1) is 19.0. The molecule has 0 saturated heterocycles. The number of hydrogen-bond donors (Lipinski definition) is 4. The Morgan fingerprint density at radius 2 is 1.95 bits per heavy atom. The molecule has 4 rings (SSSR count). The number of halogens is 1. The monoisotopic (exact) mass is 541 g/mol. The minimum atomic E-state index is -1.36. The van der Waals surface area contributed by atoms with Crippen LogP contribution in [0.15, 0.2) is 42.9 Å². The first-order valence-electron chi connectivity index (χ1n) is 13.2. The Kier molecular flexibility index (Phi) is 10.7. The zero-order valence-electron chi connectivity index (χ0n) is 22.1. The lowest BCUT2D eigenvalue weighted by Crippen LogP contribution is -2.33. The van der Waals surface area contributed by atoms with Crippen molar-refractivity contribution in [3.63, 3.8) is 0 Å². The van der Waals surface area contributed by atoms with Crippen molar-refractivity contribution in [2.24, 2.45) is 5.73 Å². The molecule has 3 heterocycles. The number of hydrogen-bond acceptors (Lipinski definition) is 10. The molecule has 1 aliphatic rings. The molecule has 0 aliphatic heterocycles. The van der Waals surface area contributed by atoms with Crippen LogP contribution in [0.1, 0.15) is 30.1 Å². The molecule has 2 atom stereocenters. The van der Waals surface area contributed by atoms with Gasteiger partial charge in [-0.2, -0.15) is 0 Å². The van der Waals surface area contributed by atoms with E-state index in [4.69, 9.17) is 19.9 Å². The number of ether oxygens (including phenoxy) is 3. The zero-order chi connectivity index (χ0) is 27.5. The first-order valence-corrected chi connectivity index (χ1v) is 13.2. The number of nitrogens with zero attached hydrogens (tertiary/aromatic N) is 3. The summed E-state index contributed by atoms with van der Waals surface area (Å²) < 4.78 is 30.4. The summed E-state index contributed by atoms with van der Waals surface area (Å²) in [5.41, 5.74) is 7.26. The molecule has 5 N–H and O–H groups in total. The minimum absolute atomic E-state index is 0.0101. The maximum Gasteiger partial charge on any atom is 0.255 e. The fraction of sp³-hybridized carbons (Fsp3) is 0.481. The maximum absolute atomic E-state index is 14.3. The second-order valence-corrected chi connectivity index (χ2v) is 9.34. The summed E-state index contributed by atoms with van der Waals surface area (Å²) >= 11 is 0. The molecule has 0 bridgehead atoms. The highest BCUT2D eigenvalue weighted by atomic mass is 19.1. The Morgan fingerprint density at radius 3 is 2.77 bits per heavy atom. The van der Waals surface area contributed by atoms with Crippen LogP contribution < -0.4 is 21.7 Å². The highest BCUT2D eigenvalue weighted by molar-refractivity contribution is 6.00. The fourth-order valence-corrected chi connectivity index (χ4v) is 3.60. The molecular formula is C27H36FN7O4. The number of alkyl halides is 1. The number of amides is 1. The molecule has 0 spiro atoms. The Labute approximate surface area is 227 Å². The number of carbonyl (C=O) groups excluding carboxylic acids is 1. The lowest BCUT2D eigenvalue weighted by Gasteiger charge is -2.15. The summed E-state index contributed by atoms with van der Waals surface area (Å²) in [6.07, 6.45) is 5.61. The number of nitrogens with two attached hydrogens (primary N) is 1. The summed E-state index contributed by atoms with van der Waals surface area (Å²) in [5, 5.41) is 10.1. The van der Waals surface area contributed by atoms with Gasteiger partial charge in [-0.25, -0.2) is 14.4 Å². The van der Waals surface area contributed by atoms with Gasteiger partial charge in [-0.15, -0.1) is 0 Å². The molecule has 3 aromatic heterocycles. The van der Waals surface area contributed by atoms with Gasteiger partial charge in [-0.05, 0) is 38.0 Å². The molecule has 0 aromatic carbocycles. The molecule has 1 aliphatic carbocycles. The lowest BCUT2D eigenvalue weighted by atomic mass is 10.2. The van der Waals surface area contributed by atoms with Gasteiger partial charge in [0.05, 0.1) is 62.5 Å². The van der Waals surface area contributed by atoms with Crippen LogP contribution in [0.2, 0.25) is 0 Å². The van der Waals surface area contributed by atoms with Gasteiger partial charge in [0.1, 0.15) is 17.8 Å². The third-order valence-corrected chi connectivity index (χ3v) is 5.95. The highest BCUT2D eigenvalue weighted by Crippen LogP contribution is 2.29. The average molecular weight is 542 g/mol. The number of anilines is 3. The van der Waals surface area contributed by atoms with E-state index >= 15 is 0 Å². The average Bonchev–Trinajstić information content (AvgIpc) is 3.77. The number of aromatic nitrogens is 3. The number of nitrogens with one attached hydrogen (secondary N) is 3. The van der Waals surface area contributed by atoms with Crippen molar-refractivity contribution < 1.29 is 23.4 Å². The van der Waals surface area contributed by atoms with Crippen LogP contribution in [0, 0.1) is 0 Å². The van der Waals surface area contributed by atoms with Gasteiger partial charge in [-0.1, -0.05) is 0 Å². The van der Waals surface area contributed by atoms with Crippen LogP contribution in [-0.4, -0.2) is 85.3 Å². The van der Waals surface area contributed by atoms with Crippen LogP contribution in [0.5, 0.6) is 0 Å². The minimum Gasteiger partial charge on any atom is -0.382 e. The summed E-state index contributed by atoms with van der Waals surface area (Å²) in [6, 6.07) is 7.67. The fourth-order valence-electron chi connectivity index (χ4n) is 3.60. The first kappa shape index (κ1) is 28.6. The van der Waals surface area contributed by atoms with Crippen molar-refractivity contribution in [1.82, 2.24) is 20.3 Å². The van der Waals surface area contributed by atoms with Crippen LogP contribution in [0.25, 0.3) is 10.9 Å². The third kappa shape index (κ3) is 9.36. The Hall–Kier alpha value is -3.45. The van der Waals surface area contributed by atoms with Gasteiger partial charge in [0.15, 0.2) is 0 Å². The second kappa shape index (κ2) is 14.6. The van der Waals surface area contributed by atoms with E-state index in [-0.39, 0.29) is 25.9 Å². The van der Waals surface area contributed by atoms with Crippen LogP contribution >= 0.6 is 0 Å². The van der Waals surface area contributed by atoms with Crippen molar-refractivity contribution in [1.29, 1.82) is 0 Å². The topological polar surface area (TPSA) is 146 Å². The van der Waals surface area contributed by atoms with Gasteiger partial charge < -0.3 is 35.9 Å². The number of rotatable bonds is 17. The van der Waals surface area contributed by atoms with Crippen molar-refractivity contribution >= 4 is 34.1 Å². The van der Waals surface area contributed by atoms with Gasteiger partial charge in [-0.3, -0.25) is 9.78 Å². The number of pyridine rings is 3. The SMILES string of the molecule is CC(CN)OCCOCCOCC(F)CNC(=O)c1cnc(Nc2ccc3cnccc3n2)cc1NC1CC1. The van der Waals surface area contributed by atoms with E-state index < -0.39 is 12.1 Å². The van der Waals surface area contributed by atoms with E-state index in [0.29, 0.717) is 55.3 Å². The molecule has 11 nitrogen and oxygen atoms in total. The molecule has 2 unspecified atom stereocenters. The molecule has 1 amide bonds. The molecule has 3 aromatic rings. The molecule has 12 heteroatoms. The van der Waals surface area contributed by atoms with E-state index in [9.17, 15) is 9.18 Å². The van der Waals surface area contributed by atoms with Crippen LogP contribution in [-0.2, 0) is 14.2 Å². The summed E-state index contributed by atoms with van der Waals surface area (Å²) in [4.78, 5) is 25.9. The van der Waals surface area contributed by atoms with E-state index in [0.717, 1.165) is 23.7 Å². The summed E-state index contributed by atoms with van der Waals surface area (Å²) in [5.74, 6) is 0.747. The van der Waals surface area contributed by atoms with E-state index in [1.807, 2.05) is 25.1 Å². The van der Waals surface area contributed by atoms with Gasteiger partial charge in [0, 0.05) is 42.6 Å². The van der Waals surface area contributed by atoms with Crippen molar-refractivity contribution in [3.05, 3.63) is 48.4 Å². The molecule has 210 valence electrons. The zero-order valence-corrected chi connectivity index (χ0v) is 22.1. The predicted molar refractivity (Wildman–Crippen MR) is 147 cm³/mol. The normalized spacial score (nSPS) is 14.6. The van der Waals surface area contributed by atoms with Crippen molar-refractivity contribution in [2.45, 2.75) is 38.1 Å². The van der Waals surface area contributed by atoms with Gasteiger partial charge in [0.25, 0.3) is 5.91 Å². The van der Waals surface area contributed by atoms with Crippen LogP contribution in [0.4, 0.5) is 21.7 Å². The van der Waals surface area contributed by atoms with E-state index in [1.165, 1.54) is 6.20 Å². The molecule has 1 fully saturated rings. The predicted octanol–water partition coefficient (Wildman–Crippen LogP) is 2.81. The quantitative estimate of drug-likeness (QED) is 0.188. The largest absolute Gasteiger partial charge is 0.382 e. The van der Waals surface area contributed by atoms with Crippen molar-refractivity contribution in [2.75, 3.05) is 56.8 Å².